The van der Waals surface area contributed by atoms with Crippen molar-refractivity contribution in [1.82, 2.24) is 14.5 Å². The monoisotopic (exact) mass is 329 g/mol. The summed E-state index contributed by atoms with van der Waals surface area (Å²) in [5.41, 5.74) is 0. The van der Waals surface area contributed by atoms with Gasteiger partial charge in [-0.1, -0.05) is 6.07 Å². The van der Waals surface area contributed by atoms with Crippen LogP contribution in [-0.2, 0) is 19.6 Å². The van der Waals surface area contributed by atoms with Crippen molar-refractivity contribution in [3.63, 3.8) is 0 Å². The Bertz CT molecular complexity index is 671. The summed E-state index contributed by atoms with van der Waals surface area (Å²) < 4.78 is 26.5. The Morgan fingerprint density at radius 3 is 2.76 bits per heavy atom. The first-order chi connectivity index (χ1) is 9.91. The van der Waals surface area contributed by atoms with Crippen molar-refractivity contribution in [2.24, 2.45) is 0 Å². The lowest BCUT2D eigenvalue weighted by Gasteiger charge is -2.43. The van der Waals surface area contributed by atoms with Crippen molar-refractivity contribution in [3.05, 3.63) is 17.5 Å². The third-order valence-corrected chi connectivity index (χ3v) is 6.99. The predicted molar refractivity (Wildman–Crippen MR) is 76.2 cm³/mol. The molecule has 2 aliphatic rings. The number of nitrogens with zero attached hydrogens (tertiary/aromatic N) is 2. The number of amides is 2. The van der Waals surface area contributed by atoms with Gasteiger partial charge in [0.15, 0.2) is 0 Å². The normalized spacial score (nSPS) is 27.4. The summed E-state index contributed by atoms with van der Waals surface area (Å²) in [5, 5.41) is 4.28. The molecule has 1 aromatic rings. The molecular formula is C12H15N3O4S2. The third-order valence-electron chi connectivity index (χ3n) is 3.75. The molecule has 1 N–H and O–H groups in total. The van der Waals surface area contributed by atoms with E-state index in [0.29, 0.717) is 0 Å². The Balaban J connectivity index is 1.85. The highest BCUT2D eigenvalue weighted by molar-refractivity contribution is 7.91. The van der Waals surface area contributed by atoms with Crippen LogP contribution in [0.2, 0.25) is 0 Å². The van der Waals surface area contributed by atoms with Gasteiger partial charge in [0.25, 0.3) is 10.0 Å². The summed E-state index contributed by atoms with van der Waals surface area (Å²) in [7, 11) is -3.59. The molecule has 9 heteroatoms. The van der Waals surface area contributed by atoms with Gasteiger partial charge in [0.2, 0.25) is 11.8 Å². The summed E-state index contributed by atoms with van der Waals surface area (Å²) in [6, 6.07) is 1.93. The number of piperazine rings is 2. The van der Waals surface area contributed by atoms with E-state index < -0.39 is 22.1 Å². The van der Waals surface area contributed by atoms with Crippen LogP contribution >= 0.6 is 11.3 Å². The van der Waals surface area contributed by atoms with Gasteiger partial charge in [-0.15, -0.1) is 11.3 Å². The highest BCUT2D eigenvalue weighted by Gasteiger charge is 2.44. The van der Waals surface area contributed by atoms with Crippen molar-refractivity contribution in [2.45, 2.75) is 23.2 Å². The van der Waals surface area contributed by atoms with Gasteiger partial charge in [-0.25, -0.2) is 8.42 Å². The lowest BCUT2D eigenvalue weighted by molar-refractivity contribution is -0.151. The Kier molecular flexibility index (Phi) is 3.50. The number of rotatable bonds is 2. The summed E-state index contributed by atoms with van der Waals surface area (Å²) in [6.45, 7) is 2.09. The van der Waals surface area contributed by atoms with Gasteiger partial charge in [-0.2, -0.15) is 4.31 Å². The second-order valence-corrected chi connectivity index (χ2v) is 8.19. The predicted octanol–water partition coefficient (Wildman–Crippen LogP) is -0.532. The number of carbonyl (C=O) groups is 2. The Hall–Kier alpha value is -1.45. The van der Waals surface area contributed by atoms with Gasteiger partial charge in [0, 0.05) is 19.6 Å². The second kappa shape index (κ2) is 5.08. The molecule has 0 aromatic carbocycles. The molecule has 3 rings (SSSR count). The summed E-state index contributed by atoms with van der Waals surface area (Å²) >= 11 is 1.14. The highest BCUT2D eigenvalue weighted by atomic mass is 32.2. The zero-order chi connectivity index (χ0) is 15.2. The van der Waals surface area contributed by atoms with Crippen molar-refractivity contribution < 1.29 is 18.0 Å². The van der Waals surface area contributed by atoms with Crippen molar-refractivity contribution in [2.75, 3.05) is 19.6 Å². The molecular weight excluding hydrogens is 314 g/mol. The smallest absolute Gasteiger partial charge is 0.252 e. The van der Waals surface area contributed by atoms with Gasteiger partial charge in [0.1, 0.15) is 16.3 Å². The first kappa shape index (κ1) is 14.5. The van der Waals surface area contributed by atoms with Gasteiger partial charge >= 0.3 is 0 Å². The van der Waals surface area contributed by atoms with Crippen LogP contribution in [0.4, 0.5) is 0 Å². The van der Waals surface area contributed by atoms with Crippen LogP contribution in [0.25, 0.3) is 0 Å². The fourth-order valence-electron chi connectivity index (χ4n) is 2.62. The minimum Gasteiger partial charge on any atom is -0.343 e. The van der Waals surface area contributed by atoms with E-state index in [9.17, 15) is 18.0 Å². The average Bonchev–Trinajstić information content (AvgIpc) is 2.99. The average molecular weight is 329 g/mol. The van der Waals surface area contributed by atoms with E-state index in [0.717, 1.165) is 11.3 Å². The number of nitrogens with one attached hydrogen (secondary N) is 1. The summed E-state index contributed by atoms with van der Waals surface area (Å²) in [4.78, 5) is 25.5. The fourth-order valence-corrected chi connectivity index (χ4v) is 5.20. The zero-order valence-corrected chi connectivity index (χ0v) is 13.0. The molecule has 21 heavy (non-hydrogen) atoms. The van der Waals surface area contributed by atoms with E-state index in [-0.39, 0.29) is 35.7 Å². The Morgan fingerprint density at radius 1 is 1.33 bits per heavy atom. The first-order valence-corrected chi connectivity index (χ1v) is 8.88. The Labute approximate surface area is 126 Å². The van der Waals surface area contributed by atoms with Gasteiger partial charge in [-0.05, 0) is 18.4 Å². The number of fused-ring (bicyclic) bond motifs is 1. The molecule has 3 heterocycles. The molecule has 7 nitrogen and oxygen atoms in total. The number of thiophene rings is 1. The lowest BCUT2D eigenvalue weighted by Crippen LogP contribution is -2.69. The van der Waals surface area contributed by atoms with Crippen LogP contribution in [0.1, 0.15) is 6.92 Å². The van der Waals surface area contributed by atoms with E-state index >= 15 is 0 Å². The SMILES string of the molecule is C[C@@H]1NC(=O)[C@@H]2CN(S(=O)(=O)c3cccs3)CCN2C1=O. The maximum absolute atomic E-state index is 12.5. The van der Waals surface area contributed by atoms with Gasteiger partial charge in [0.05, 0.1) is 0 Å². The standard InChI is InChI=1S/C12H15N3O4S2/c1-8-12(17)15-5-4-14(7-9(15)11(16)13-8)21(18,19)10-3-2-6-20-10/h2-3,6,8-9H,4-5,7H2,1H3,(H,13,16)/t8-,9-/m0/s1. The molecule has 2 amide bonds. The molecule has 0 bridgehead atoms. The topological polar surface area (TPSA) is 86.8 Å². The summed E-state index contributed by atoms with van der Waals surface area (Å²) in [5.74, 6) is -0.457. The molecule has 114 valence electrons. The van der Waals surface area contributed by atoms with E-state index in [2.05, 4.69) is 5.32 Å². The first-order valence-electron chi connectivity index (χ1n) is 6.56. The molecule has 0 spiro atoms. The van der Waals surface area contributed by atoms with Gasteiger partial charge in [-0.3, -0.25) is 9.59 Å². The highest BCUT2D eigenvalue weighted by Crippen LogP contribution is 2.25. The molecule has 0 saturated carbocycles. The minimum absolute atomic E-state index is 0.00449. The van der Waals surface area contributed by atoms with Crippen molar-refractivity contribution in [1.29, 1.82) is 0 Å². The fraction of sp³-hybridized carbons (Fsp3) is 0.500. The molecule has 0 aliphatic carbocycles. The third kappa shape index (κ3) is 2.34. The Morgan fingerprint density at radius 2 is 2.10 bits per heavy atom. The molecule has 1 aromatic heterocycles. The van der Waals surface area contributed by atoms with Crippen molar-refractivity contribution in [3.8, 4) is 0 Å². The van der Waals surface area contributed by atoms with Crippen LogP contribution < -0.4 is 5.32 Å². The van der Waals surface area contributed by atoms with Crippen LogP contribution in [0.15, 0.2) is 21.7 Å². The molecule has 2 saturated heterocycles. The largest absolute Gasteiger partial charge is 0.343 e. The quantitative estimate of drug-likeness (QED) is 0.790. The van der Waals surface area contributed by atoms with E-state index in [4.69, 9.17) is 0 Å². The molecule has 2 aliphatic heterocycles. The zero-order valence-electron chi connectivity index (χ0n) is 11.4. The second-order valence-electron chi connectivity index (χ2n) is 5.07. The molecule has 2 fully saturated rings. The van der Waals surface area contributed by atoms with Crippen LogP contribution in [-0.4, -0.2) is 61.2 Å². The van der Waals surface area contributed by atoms with E-state index in [1.807, 2.05) is 0 Å². The van der Waals surface area contributed by atoms with Crippen LogP contribution in [0.3, 0.4) is 0 Å². The number of hydrogen-bond donors (Lipinski definition) is 1. The molecule has 2 atom stereocenters. The molecule has 0 radical (unpaired) electrons. The number of sulfonamides is 1. The van der Waals surface area contributed by atoms with Gasteiger partial charge < -0.3 is 10.2 Å². The number of hydrogen-bond acceptors (Lipinski definition) is 5. The van der Waals surface area contributed by atoms with Crippen LogP contribution in [0, 0.1) is 0 Å². The van der Waals surface area contributed by atoms with Crippen LogP contribution in [0.5, 0.6) is 0 Å². The summed E-state index contributed by atoms with van der Waals surface area (Å²) in [6.07, 6.45) is 0. The van der Waals surface area contributed by atoms with E-state index in [1.165, 1.54) is 9.21 Å². The van der Waals surface area contributed by atoms with Crippen molar-refractivity contribution >= 4 is 33.2 Å². The number of carbonyl (C=O) groups excluding carboxylic acids is 2. The maximum Gasteiger partial charge on any atom is 0.252 e. The maximum atomic E-state index is 12.5. The lowest BCUT2D eigenvalue weighted by atomic mass is 10.1. The molecule has 0 unspecified atom stereocenters. The van der Waals surface area contributed by atoms with E-state index in [1.54, 1.807) is 24.4 Å². The minimum atomic E-state index is -3.59.